The van der Waals surface area contributed by atoms with Crippen LogP contribution in [0.2, 0.25) is 0 Å². The molecule has 2 saturated carbocycles. The lowest BCUT2D eigenvalue weighted by Gasteiger charge is -2.33. The lowest BCUT2D eigenvalue weighted by molar-refractivity contribution is -0.139. The van der Waals surface area contributed by atoms with Crippen molar-refractivity contribution >= 4 is 11.6 Å². The summed E-state index contributed by atoms with van der Waals surface area (Å²) in [7, 11) is 0. The van der Waals surface area contributed by atoms with Crippen molar-refractivity contribution in [3.63, 3.8) is 0 Å². The molecule has 17 heavy (non-hydrogen) atoms. The highest BCUT2D eigenvalue weighted by molar-refractivity contribution is 5.97. The maximum Gasteiger partial charge on any atom is 0.145 e. The summed E-state index contributed by atoms with van der Waals surface area (Å²) in [5.41, 5.74) is -0.524. The molecule has 0 aliphatic heterocycles. The Morgan fingerprint density at radius 1 is 1.35 bits per heavy atom. The normalized spacial score (nSPS) is 39.4. The van der Waals surface area contributed by atoms with Crippen LogP contribution in [0.25, 0.3) is 0 Å². The highest BCUT2D eigenvalue weighted by atomic mass is 16.1. The molecule has 2 aliphatic carbocycles. The molecule has 0 spiro atoms. The fourth-order valence-electron chi connectivity index (χ4n) is 4.25. The fraction of sp³-hybridized carbons (Fsp3) is 0.867. The number of ketones is 2. The van der Waals surface area contributed by atoms with Crippen LogP contribution in [0.1, 0.15) is 59.8 Å². The Balaban J connectivity index is 2.37. The quantitative estimate of drug-likeness (QED) is 0.752. The number of fused-ring (bicyclic) bond motifs is 1. The fourth-order valence-corrected chi connectivity index (χ4v) is 4.25. The van der Waals surface area contributed by atoms with E-state index in [4.69, 9.17) is 0 Å². The summed E-state index contributed by atoms with van der Waals surface area (Å²) in [6.07, 6.45) is 4.29. The maximum atomic E-state index is 12.7. The zero-order valence-corrected chi connectivity index (χ0v) is 11.5. The molecular weight excluding hydrogens is 212 g/mol. The zero-order chi connectivity index (χ0) is 12.8. The van der Waals surface area contributed by atoms with Gasteiger partial charge in [0, 0.05) is 23.7 Å². The van der Waals surface area contributed by atoms with Crippen molar-refractivity contribution in [2.75, 3.05) is 0 Å². The number of rotatable bonds is 3. The molecular formula is C15H24O2. The van der Waals surface area contributed by atoms with E-state index in [1.807, 2.05) is 6.92 Å². The third-order valence-corrected chi connectivity index (χ3v) is 5.23. The molecule has 0 radical (unpaired) electrons. The van der Waals surface area contributed by atoms with Crippen molar-refractivity contribution in [3.05, 3.63) is 0 Å². The predicted octanol–water partition coefficient (Wildman–Crippen LogP) is 3.39. The standard InChI is InChI=1S/C15H24O2/c1-5-12(16)9-15-10(2)6-7-11(15)8-14(3,4)13(15)17/h10-11H,5-9H2,1-4H3. The minimum atomic E-state index is -0.309. The molecule has 2 heteroatoms. The highest BCUT2D eigenvalue weighted by Gasteiger charge is 2.63. The van der Waals surface area contributed by atoms with Crippen molar-refractivity contribution in [1.82, 2.24) is 0 Å². The molecule has 3 atom stereocenters. The van der Waals surface area contributed by atoms with E-state index in [1.54, 1.807) is 0 Å². The van der Waals surface area contributed by atoms with Gasteiger partial charge in [0.2, 0.25) is 0 Å². The van der Waals surface area contributed by atoms with Crippen molar-refractivity contribution in [2.45, 2.75) is 59.8 Å². The average molecular weight is 236 g/mol. The summed E-state index contributed by atoms with van der Waals surface area (Å²) in [5, 5.41) is 0. The minimum Gasteiger partial charge on any atom is -0.300 e. The summed E-state index contributed by atoms with van der Waals surface area (Å²) >= 11 is 0. The van der Waals surface area contributed by atoms with Crippen LogP contribution in [-0.4, -0.2) is 11.6 Å². The first-order valence-corrected chi connectivity index (χ1v) is 6.91. The van der Waals surface area contributed by atoms with Gasteiger partial charge in [-0.2, -0.15) is 0 Å². The Morgan fingerprint density at radius 2 is 2.00 bits per heavy atom. The smallest absolute Gasteiger partial charge is 0.145 e. The zero-order valence-electron chi connectivity index (χ0n) is 11.5. The van der Waals surface area contributed by atoms with Gasteiger partial charge in [-0.1, -0.05) is 27.7 Å². The third kappa shape index (κ3) is 1.68. The summed E-state index contributed by atoms with van der Waals surface area (Å²) < 4.78 is 0. The van der Waals surface area contributed by atoms with E-state index in [1.165, 1.54) is 0 Å². The van der Waals surface area contributed by atoms with Crippen LogP contribution < -0.4 is 0 Å². The van der Waals surface area contributed by atoms with Crippen LogP contribution in [0.4, 0.5) is 0 Å². The second-order valence-corrected chi connectivity index (χ2v) is 6.70. The van der Waals surface area contributed by atoms with Gasteiger partial charge in [-0.15, -0.1) is 0 Å². The molecule has 0 aromatic rings. The maximum absolute atomic E-state index is 12.7. The van der Waals surface area contributed by atoms with Crippen LogP contribution in [0.15, 0.2) is 0 Å². The van der Waals surface area contributed by atoms with Crippen molar-refractivity contribution in [1.29, 1.82) is 0 Å². The van der Waals surface area contributed by atoms with Crippen molar-refractivity contribution in [3.8, 4) is 0 Å². The Morgan fingerprint density at radius 3 is 2.59 bits per heavy atom. The van der Waals surface area contributed by atoms with Crippen LogP contribution in [0, 0.1) is 22.7 Å². The summed E-state index contributed by atoms with van der Waals surface area (Å²) in [5.74, 6) is 1.46. The molecule has 2 aliphatic rings. The van der Waals surface area contributed by atoms with Gasteiger partial charge >= 0.3 is 0 Å². The van der Waals surface area contributed by atoms with Gasteiger partial charge in [-0.25, -0.2) is 0 Å². The van der Waals surface area contributed by atoms with Crippen LogP contribution >= 0.6 is 0 Å². The predicted molar refractivity (Wildman–Crippen MR) is 67.6 cm³/mol. The second kappa shape index (κ2) is 3.93. The molecule has 0 N–H and O–H groups in total. The molecule has 0 saturated heterocycles. The van der Waals surface area contributed by atoms with E-state index < -0.39 is 0 Å². The molecule has 2 fully saturated rings. The molecule has 0 bridgehead atoms. The van der Waals surface area contributed by atoms with Gasteiger partial charge in [0.1, 0.15) is 11.6 Å². The SMILES string of the molecule is CCC(=O)CC12C(=O)C(C)(C)CC1CCC2C. The second-order valence-electron chi connectivity index (χ2n) is 6.70. The topological polar surface area (TPSA) is 34.1 Å². The van der Waals surface area contributed by atoms with Gasteiger partial charge in [0.15, 0.2) is 0 Å². The van der Waals surface area contributed by atoms with Gasteiger partial charge in [0.25, 0.3) is 0 Å². The molecule has 2 rings (SSSR count). The van der Waals surface area contributed by atoms with E-state index in [0.29, 0.717) is 30.5 Å². The molecule has 0 heterocycles. The Kier molecular flexibility index (Phi) is 2.95. The third-order valence-electron chi connectivity index (χ3n) is 5.23. The van der Waals surface area contributed by atoms with Crippen LogP contribution in [0.3, 0.4) is 0 Å². The monoisotopic (exact) mass is 236 g/mol. The Bertz CT molecular complexity index is 356. The first kappa shape index (κ1) is 12.8. The lowest BCUT2D eigenvalue weighted by Crippen LogP contribution is -2.39. The molecule has 0 aromatic heterocycles. The molecule has 0 aromatic carbocycles. The molecule has 2 nitrogen and oxygen atoms in total. The van der Waals surface area contributed by atoms with E-state index in [0.717, 1.165) is 19.3 Å². The van der Waals surface area contributed by atoms with E-state index >= 15 is 0 Å². The van der Waals surface area contributed by atoms with Gasteiger partial charge < -0.3 is 0 Å². The van der Waals surface area contributed by atoms with Crippen molar-refractivity contribution < 1.29 is 9.59 Å². The summed E-state index contributed by atoms with van der Waals surface area (Å²) in [4.78, 5) is 24.6. The minimum absolute atomic E-state index is 0.215. The first-order chi connectivity index (χ1) is 7.84. The molecule has 0 amide bonds. The van der Waals surface area contributed by atoms with Crippen molar-refractivity contribution in [2.24, 2.45) is 22.7 Å². The summed E-state index contributed by atoms with van der Waals surface area (Å²) in [6, 6.07) is 0. The van der Waals surface area contributed by atoms with E-state index in [2.05, 4.69) is 20.8 Å². The number of hydrogen-bond donors (Lipinski definition) is 0. The van der Waals surface area contributed by atoms with Crippen LogP contribution in [0.5, 0.6) is 0 Å². The largest absolute Gasteiger partial charge is 0.300 e. The molecule has 96 valence electrons. The van der Waals surface area contributed by atoms with E-state index in [-0.39, 0.29) is 16.6 Å². The summed E-state index contributed by atoms with van der Waals surface area (Å²) in [6.45, 7) is 8.18. The van der Waals surface area contributed by atoms with Gasteiger partial charge in [-0.3, -0.25) is 9.59 Å². The lowest BCUT2D eigenvalue weighted by atomic mass is 9.68. The number of Topliss-reactive ketones (excluding diaryl/α,β-unsaturated/α-hetero) is 2. The highest BCUT2D eigenvalue weighted by Crippen LogP contribution is 2.62. The number of carbonyl (C=O) groups is 2. The number of carbonyl (C=O) groups excluding carboxylic acids is 2. The van der Waals surface area contributed by atoms with Gasteiger partial charge in [-0.05, 0) is 31.1 Å². The average Bonchev–Trinajstić information content (AvgIpc) is 2.65. The molecule has 3 unspecified atom stereocenters. The Labute approximate surface area is 104 Å². The number of hydrogen-bond acceptors (Lipinski definition) is 2. The Hall–Kier alpha value is -0.660. The van der Waals surface area contributed by atoms with Crippen LogP contribution in [-0.2, 0) is 9.59 Å². The van der Waals surface area contributed by atoms with E-state index in [9.17, 15) is 9.59 Å². The first-order valence-electron chi connectivity index (χ1n) is 6.91. The van der Waals surface area contributed by atoms with Gasteiger partial charge in [0.05, 0.1) is 0 Å².